The fourth-order valence-corrected chi connectivity index (χ4v) is 2.43. The number of rotatable bonds is 1. The Morgan fingerprint density at radius 2 is 1.68 bits per heavy atom. The van der Waals surface area contributed by atoms with Crippen LogP contribution in [-0.4, -0.2) is 4.98 Å². The summed E-state index contributed by atoms with van der Waals surface area (Å²) in [5.74, 6) is 0. The quantitative estimate of drug-likeness (QED) is 0.704. The third-order valence-corrected chi connectivity index (χ3v) is 3.52. The van der Waals surface area contributed by atoms with E-state index in [0.29, 0.717) is 5.69 Å². The molecule has 0 fully saturated rings. The number of aromatic amines is 1. The van der Waals surface area contributed by atoms with Gasteiger partial charge in [0.1, 0.15) is 0 Å². The Balaban J connectivity index is 2.27. The van der Waals surface area contributed by atoms with Gasteiger partial charge in [-0.3, -0.25) is 4.79 Å². The molecule has 3 rings (SSSR count). The van der Waals surface area contributed by atoms with Crippen LogP contribution in [0.25, 0.3) is 22.2 Å². The number of nitrogens with one attached hydrogen (secondary N) is 1. The van der Waals surface area contributed by atoms with Crippen molar-refractivity contribution in [1.82, 2.24) is 4.98 Å². The van der Waals surface area contributed by atoms with Gasteiger partial charge in [0.15, 0.2) is 5.43 Å². The second-order valence-electron chi connectivity index (χ2n) is 5.14. The van der Waals surface area contributed by atoms with Gasteiger partial charge in [-0.05, 0) is 24.6 Å². The minimum atomic E-state index is -4.56. The molecule has 0 aliphatic rings. The SMILES string of the molecule is Cc1ccc(-c2cc(=O)c3c(C(F)(F)F)cccc3[nH]2)cc1. The number of H-pyrrole nitrogens is 1. The Morgan fingerprint density at radius 3 is 2.32 bits per heavy atom. The molecule has 0 atom stereocenters. The van der Waals surface area contributed by atoms with E-state index >= 15 is 0 Å². The normalized spacial score (nSPS) is 11.8. The van der Waals surface area contributed by atoms with E-state index in [0.717, 1.165) is 17.2 Å². The van der Waals surface area contributed by atoms with Crippen LogP contribution in [0.1, 0.15) is 11.1 Å². The van der Waals surface area contributed by atoms with Gasteiger partial charge in [0, 0.05) is 11.8 Å². The summed E-state index contributed by atoms with van der Waals surface area (Å²) in [7, 11) is 0. The molecular weight excluding hydrogens is 291 g/mol. The zero-order valence-electron chi connectivity index (χ0n) is 11.7. The molecule has 3 aromatic rings. The minimum Gasteiger partial charge on any atom is -0.354 e. The number of halogens is 3. The third-order valence-electron chi connectivity index (χ3n) is 3.52. The van der Waals surface area contributed by atoms with E-state index in [2.05, 4.69) is 4.98 Å². The maximum absolute atomic E-state index is 13.0. The van der Waals surface area contributed by atoms with Gasteiger partial charge in [0.25, 0.3) is 0 Å². The maximum atomic E-state index is 13.0. The molecule has 22 heavy (non-hydrogen) atoms. The molecule has 0 saturated heterocycles. The standard InChI is InChI=1S/C17H12F3NO/c1-10-5-7-11(8-6-10)14-9-15(22)16-12(17(18,19)20)3-2-4-13(16)21-14/h2-9H,1H3,(H,21,22). The highest BCUT2D eigenvalue weighted by Crippen LogP contribution is 2.33. The van der Waals surface area contributed by atoms with Crippen LogP contribution in [0.4, 0.5) is 13.2 Å². The number of hydrogen-bond acceptors (Lipinski definition) is 1. The van der Waals surface area contributed by atoms with Crippen molar-refractivity contribution in [3.8, 4) is 11.3 Å². The van der Waals surface area contributed by atoms with Crippen LogP contribution < -0.4 is 5.43 Å². The molecule has 0 aliphatic heterocycles. The molecule has 0 radical (unpaired) electrons. The van der Waals surface area contributed by atoms with Crippen LogP contribution in [0.3, 0.4) is 0 Å². The van der Waals surface area contributed by atoms with Crippen molar-refractivity contribution in [3.63, 3.8) is 0 Å². The lowest BCUT2D eigenvalue weighted by Crippen LogP contribution is -2.12. The Kier molecular flexibility index (Phi) is 3.28. The molecular formula is C17H12F3NO. The molecule has 1 N–H and O–H groups in total. The van der Waals surface area contributed by atoms with Crippen molar-refractivity contribution in [3.05, 3.63) is 69.9 Å². The van der Waals surface area contributed by atoms with Crippen molar-refractivity contribution in [1.29, 1.82) is 0 Å². The average Bonchev–Trinajstić information content (AvgIpc) is 2.46. The second kappa shape index (κ2) is 5.02. The van der Waals surface area contributed by atoms with Crippen molar-refractivity contribution in [2.75, 3.05) is 0 Å². The van der Waals surface area contributed by atoms with Gasteiger partial charge in [-0.25, -0.2) is 0 Å². The number of pyridine rings is 1. The summed E-state index contributed by atoms with van der Waals surface area (Å²) in [6, 6.07) is 12.3. The smallest absolute Gasteiger partial charge is 0.354 e. The molecule has 1 heterocycles. The highest BCUT2D eigenvalue weighted by molar-refractivity contribution is 5.85. The fraction of sp³-hybridized carbons (Fsp3) is 0.118. The summed E-state index contributed by atoms with van der Waals surface area (Å²) in [6.07, 6.45) is -4.56. The molecule has 2 nitrogen and oxygen atoms in total. The van der Waals surface area contributed by atoms with E-state index in [4.69, 9.17) is 0 Å². The zero-order valence-corrected chi connectivity index (χ0v) is 11.7. The molecule has 0 unspecified atom stereocenters. The molecule has 0 bridgehead atoms. The zero-order chi connectivity index (χ0) is 15.9. The number of aryl methyl sites for hydroxylation is 1. The van der Waals surface area contributed by atoms with Gasteiger partial charge in [0.2, 0.25) is 0 Å². The molecule has 0 aliphatic carbocycles. The molecule has 5 heteroatoms. The molecule has 2 aromatic carbocycles. The van der Waals surface area contributed by atoms with Crippen LogP contribution in [-0.2, 0) is 6.18 Å². The lowest BCUT2D eigenvalue weighted by Gasteiger charge is -2.11. The van der Waals surface area contributed by atoms with E-state index in [1.165, 1.54) is 18.2 Å². The van der Waals surface area contributed by atoms with E-state index in [1.807, 2.05) is 31.2 Å². The monoisotopic (exact) mass is 303 g/mol. The summed E-state index contributed by atoms with van der Waals surface area (Å²) in [5.41, 5.74) is 0.932. The maximum Gasteiger partial charge on any atom is 0.417 e. The third kappa shape index (κ3) is 2.50. The molecule has 0 amide bonds. The number of hydrogen-bond donors (Lipinski definition) is 1. The van der Waals surface area contributed by atoms with E-state index in [1.54, 1.807) is 0 Å². The second-order valence-corrected chi connectivity index (χ2v) is 5.14. The number of aromatic nitrogens is 1. The molecule has 0 spiro atoms. The van der Waals surface area contributed by atoms with Crippen LogP contribution >= 0.6 is 0 Å². The Bertz CT molecular complexity index is 892. The first-order chi connectivity index (χ1) is 10.4. The molecule has 0 saturated carbocycles. The highest BCUT2D eigenvalue weighted by atomic mass is 19.4. The number of alkyl halides is 3. The van der Waals surface area contributed by atoms with Crippen LogP contribution in [0.2, 0.25) is 0 Å². The lowest BCUT2D eigenvalue weighted by molar-refractivity contribution is -0.136. The first-order valence-corrected chi connectivity index (χ1v) is 6.66. The number of benzene rings is 2. The molecule has 1 aromatic heterocycles. The Labute approximate surface area is 124 Å². The van der Waals surface area contributed by atoms with Crippen molar-refractivity contribution in [2.24, 2.45) is 0 Å². The van der Waals surface area contributed by atoms with E-state index in [9.17, 15) is 18.0 Å². The summed E-state index contributed by atoms with van der Waals surface area (Å²) in [4.78, 5) is 15.1. The number of fused-ring (bicyclic) bond motifs is 1. The van der Waals surface area contributed by atoms with E-state index < -0.39 is 17.2 Å². The van der Waals surface area contributed by atoms with Crippen LogP contribution in [0.5, 0.6) is 0 Å². The van der Waals surface area contributed by atoms with Gasteiger partial charge in [-0.2, -0.15) is 13.2 Å². The Hall–Kier alpha value is -2.56. The van der Waals surface area contributed by atoms with Crippen LogP contribution in [0.15, 0.2) is 53.3 Å². The summed E-state index contributed by atoms with van der Waals surface area (Å²) in [6.45, 7) is 1.93. The largest absolute Gasteiger partial charge is 0.417 e. The average molecular weight is 303 g/mol. The predicted octanol–water partition coefficient (Wildman–Crippen LogP) is 4.52. The van der Waals surface area contributed by atoms with Gasteiger partial charge in [0.05, 0.1) is 16.5 Å². The van der Waals surface area contributed by atoms with Crippen LogP contribution in [0, 0.1) is 6.92 Å². The van der Waals surface area contributed by atoms with Gasteiger partial charge >= 0.3 is 6.18 Å². The van der Waals surface area contributed by atoms with E-state index in [-0.39, 0.29) is 10.9 Å². The first kappa shape index (κ1) is 14.4. The topological polar surface area (TPSA) is 32.9 Å². The summed E-state index contributed by atoms with van der Waals surface area (Å²) < 4.78 is 39.0. The van der Waals surface area contributed by atoms with Crippen molar-refractivity contribution >= 4 is 10.9 Å². The Morgan fingerprint density at radius 1 is 1.00 bits per heavy atom. The van der Waals surface area contributed by atoms with Gasteiger partial charge in [-0.1, -0.05) is 35.9 Å². The highest BCUT2D eigenvalue weighted by Gasteiger charge is 2.33. The van der Waals surface area contributed by atoms with Crippen molar-refractivity contribution in [2.45, 2.75) is 13.1 Å². The minimum absolute atomic E-state index is 0.179. The predicted molar refractivity (Wildman–Crippen MR) is 79.7 cm³/mol. The van der Waals surface area contributed by atoms with Crippen molar-refractivity contribution < 1.29 is 13.2 Å². The first-order valence-electron chi connectivity index (χ1n) is 6.66. The van der Waals surface area contributed by atoms with Gasteiger partial charge in [-0.15, -0.1) is 0 Å². The summed E-state index contributed by atoms with van der Waals surface area (Å²) in [5, 5.41) is -0.328. The van der Waals surface area contributed by atoms with Gasteiger partial charge < -0.3 is 4.98 Å². The lowest BCUT2D eigenvalue weighted by atomic mass is 10.0. The summed E-state index contributed by atoms with van der Waals surface area (Å²) >= 11 is 0. The fourth-order valence-electron chi connectivity index (χ4n) is 2.43. The molecule has 112 valence electrons.